The fraction of sp³-hybridized carbons (Fsp3) is 0.0435. The molecule has 0 aromatic heterocycles. The van der Waals surface area contributed by atoms with E-state index in [1.807, 2.05) is 0 Å². The summed E-state index contributed by atoms with van der Waals surface area (Å²) in [7, 11) is 0. The summed E-state index contributed by atoms with van der Waals surface area (Å²) in [6.07, 6.45) is 1.60. The molecule has 1 aliphatic carbocycles. The number of hydrogen-bond donors (Lipinski definition) is 0. The van der Waals surface area contributed by atoms with Crippen molar-refractivity contribution in [2.75, 3.05) is 0 Å². The second-order valence-electron chi connectivity index (χ2n) is 6.37. The van der Waals surface area contributed by atoms with Crippen molar-refractivity contribution in [3.05, 3.63) is 105 Å². The number of halogens is 2. The Morgan fingerprint density at radius 3 is 2.14 bits per heavy atom. The van der Waals surface area contributed by atoms with E-state index >= 15 is 0 Å². The molecule has 3 aromatic carbocycles. The zero-order valence-electron chi connectivity index (χ0n) is 14.6. The van der Waals surface area contributed by atoms with Gasteiger partial charge in [-0.1, -0.05) is 42.5 Å². The van der Waals surface area contributed by atoms with Gasteiger partial charge in [0.2, 0.25) is 0 Å². The Balaban J connectivity index is 1.54. The zero-order valence-corrected chi connectivity index (χ0v) is 16.2. The number of ketones is 2. The van der Waals surface area contributed by atoms with Gasteiger partial charge in [-0.25, -0.2) is 4.39 Å². The van der Waals surface area contributed by atoms with Crippen molar-refractivity contribution in [2.24, 2.45) is 0 Å². The number of rotatable bonds is 4. The lowest BCUT2D eigenvalue weighted by Gasteiger charge is -2.09. The molecule has 28 heavy (non-hydrogen) atoms. The van der Waals surface area contributed by atoms with Crippen LogP contribution in [0.3, 0.4) is 0 Å². The predicted molar refractivity (Wildman–Crippen MR) is 108 cm³/mol. The molecule has 3 nitrogen and oxygen atoms in total. The summed E-state index contributed by atoms with van der Waals surface area (Å²) in [5.74, 6) is -0.193. The van der Waals surface area contributed by atoms with Crippen LogP contribution in [-0.2, 0) is 6.61 Å². The van der Waals surface area contributed by atoms with Crippen molar-refractivity contribution in [1.82, 2.24) is 0 Å². The van der Waals surface area contributed by atoms with Gasteiger partial charge in [-0.15, -0.1) is 0 Å². The van der Waals surface area contributed by atoms with E-state index in [0.29, 0.717) is 33.5 Å². The topological polar surface area (TPSA) is 43.4 Å². The molecule has 0 N–H and O–H groups in total. The minimum atomic E-state index is -0.291. The van der Waals surface area contributed by atoms with Crippen LogP contribution in [0.2, 0.25) is 0 Å². The quantitative estimate of drug-likeness (QED) is 0.393. The van der Waals surface area contributed by atoms with Crippen LogP contribution in [0.15, 0.2) is 76.8 Å². The molecule has 4 rings (SSSR count). The summed E-state index contributed by atoms with van der Waals surface area (Å²) in [6.45, 7) is 0.297. The first-order valence-electron chi connectivity index (χ1n) is 8.60. The molecule has 1 aliphatic rings. The lowest BCUT2D eigenvalue weighted by atomic mass is 10.1. The largest absolute Gasteiger partial charge is 0.488 e. The van der Waals surface area contributed by atoms with Crippen molar-refractivity contribution < 1.29 is 18.7 Å². The SMILES string of the molecule is O=C1C(=Cc2ccc(OCc3ccc(F)cc3)c(Br)c2)C(=O)c2ccccc21. The van der Waals surface area contributed by atoms with Crippen LogP contribution in [0.1, 0.15) is 31.8 Å². The van der Waals surface area contributed by atoms with Gasteiger partial charge < -0.3 is 4.74 Å². The van der Waals surface area contributed by atoms with Crippen LogP contribution in [0.25, 0.3) is 6.08 Å². The van der Waals surface area contributed by atoms with E-state index in [1.165, 1.54) is 12.1 Å². The molecule has 0 fully saturated rings. The van der Waals surface area contributed by atoms with Crippen LogP contribution in [0.4, 0.5) is 4.39 Å². The van der Waals surface area contributed by atoms with Gasteiger partial charge in [-0.2, -0.15) is 0 Å². The highest BCUT2D eigenvalue weighted by Crippen LogP contribution is 2.31. The van der Waals surface area contributed by atoms with Crippen LogP contribution < -0.4 is 4.74 Å². The maximum Gasteiger partial charge on any atom is 0.197 e. The smallest absolute Gasteiger partial charge is 0.197 e. The van der Waals surface area contributed by atoms with Gasteiger partial charge in [0.25, 0.3) is 0 Å². The molecular formula is C23H14BrFO3. The number of Topliss-reactive ketones (excluding diaryl/α,β-unsaturated/α-hetero) is 2. The number of allylic oxidation sites excluding steroid dienone is 1. The molecule has 0 aliphatic heterocycles. The Labute approximate surface area is 169 Å². The minimum Gasteiger partial charge on any atom is -0.488 e. The summed E-state index contributed by atoms with van der Waals surface area (Å²) in [6, 6.07) is 18.3. The van der Waals surface area contributed by atoms with E-state index in [1.54, 1.807) is 60.7 Å². The molecular weight excluding hydrogens is 423 g/mol. The Hall–Kier alpha value is -3.05. The zero-order chi connectivity index (χ0) is 19.7. The number of carbonyl (C=O) groups is 2. The van der Waals surface area contributed by atoms with E-state index in [9.17, 15) is 14.0 Å². The molecule has 138 valence electrons. The summed E-state index contributed by atoms with van der Waals surface area (Å²) < 4.78 is 19.4. The Bertz CT molecular complexity index is 1080. The lowest BCUT2D eigenvalue weighted by Crippen LogP contribution is -2.00. The molecule has 0 amide bonds. The van der Waals surface area contributed by atoms with Gasteiger partial charge in [0, 0.05) is 11.1 Å². The van der Waals surface area contributed by atoms with Crippen molar-refractivity contribution >= 4 is 33.6 Å². The molecule has 0 spiro atoms. The third-order valence-electron chi connectivity index (χ3n) is 4.48. The van der Waals surface area contributed by atoms with E-state index in [0.717, 1.165) is 5.56 Å². The third kappa shape index (κ3) is 3.53. The Kier molecular flexibility index (Phi) is 4.92. The molecule has 3 aromatic rings. The third-order valence-corrected chi connectivity index (χ3v) is 5.10. The summed E-state index contributed by atoms with van der Waals surface area (Å²) in [4.78, 5) is 25.0. The first kappa shape index (κ1) is 18.3. The van der Waals surface area contributed by atoms with Gasteiger partial charge in [0.15, 0.2) is 11.6 Å². The standard InChI is InChI=1S/C23H14BrFO3/c24-20-12-15(7-10-21(20)28-13-14-5-8-16(25)9-6-14)11-19-22(26)17-3-1-2-4-18(17)23(19)27/h1-12H,13H2. The highest BCUT2D eigenvalue weighted by molar-refractivity contribution is 9.10. The number of carbonyl (C=O) groups excluding carboxylic acids is 2. The van der Waals surface area contributed by atoms with Crippen LogP contribution in [0, 0.1) is 5.82 Å². The predicted octanol–water partition coefficient (Wildman–Crippen LogP) is 5.63. The number of hydrogen-bond acceptors (Lipinski definition) is 3. The Morgan fingerprint density at radius 2 is 1.54 bits per heavy atom. The number of ether oxygens (including phenoxy) is 1. The molecule has 0 saturated carbocycles. The fourth-order valence-corrected chi connectivity index (χ4v) is 3.55. The van der Waals surface area contributed by atoms with Gasteiger partial charge in [-0.05, 0) is 57.4 Å². The van der Waals surface area contributed by atoms with Gasteiger partial charge in [0.1, 0.15) is 18.2 Å². The first-order chi connectivity index (χ1) is 13.5. The molecule has 0 bridgehead atoms. The van der Waals surface area contributed by atoms with E-state index in [2.05, 4.69) is 15.9 Å². The molecule has 0 heterocycles. The van der Waals surface area contributed by atoms with E-state index < -0.39 is 0 Å². The van der Waals surface area contributed by atoms with Crippen LogP contribution in [-0.4, -0.2) is 11.6 Å². The second-order valence-corrected chi connectivity index (χ2v) is 7.22. The molecule has 5 heteroatoms. The van der Waals surface area contributed by atoms with Crippen molar-refractivity contribution in [2.45, 2.75) is 6.61 Å². The summed E-state index contributed by atoms with van der Waals surface area (Å²) in [5, 5.41) is 0. The highest BCUT2D eigenvalue weighted by Gasteiger charge is 2.32. The molecule has 0 saturated heterocycles. The van der Waals surface area contributed by atoms with Crippen LogP contribution in [0.5, 0.6) is 5.75 Å². The fourth-order valence-electron chi connectivity index (χ4n) is 3.04. The first-order valence-corrected chi connectivity index (χ1v) is 9.39. The molecule has 0 radical (unpaired) electrons. The monoisotopic (exact) mass is 436 g/mol. The average molecular weight is 437 g/mol. The van der Waals surface area contributed by atoms with E-state index in [4.69, 9.17) is 4.74 Å². The number of benzene rings is 3. The van der Waals surface area contributed by atoms with E-state index in [-0.39, 0.29) is 23.0 Å². The van der Waals surface area contributed by atoms with Crippen molar-refractivity contribution in [3.63, 3.8) is 0 Å². The van der Waals surface area contributed by atoms with Gasteiger partial charge >= 0.3 is 0 Å². The molecule has 0 atom stereocenters. The normalized spacial score (nSPS) is 12.9. The van der Waals surface area contributed by atoms with Crippen LogP contribution >= 0.6 is 15.9 Å². The molecule has 0 unspecified atom stereocenters. The number of fused-ring (bicyclic) bond motifs is 1. The Morgan fingerprint density at radius 1 is 0.893 bits per heavy atom. The second kappa shape index (κ2) is 7.52. The average Bonchev–Trinajstić information content (AvgIpc) is 2.94. The summed E-state index contributed by atoms with van der Waals surface area (Å²) in [5.41, 5.74) is 2.60. The minimum absolute atomic E-state index is 0.160. The van der Waals surface area contributed by atoms with Gasteiger partial charge in [0.05, 0.1) is 10.0 Å². The summed E-state index contributed by atoms with van der Waals surface area (Å²) >= 11 is 3.46. The van der Waals surface area contributed by atoms with Crippen molar-refractivity contribution in [3.8, 4) is 5.75 Å². The maximum absolute atomic E-state index is 13.0. The lowest BCUT2D eigenvalue weighted by molar-refractivity contribution is 0.0990. The highest BCUT2D eigenvalue weighted by atomic mass is 79.9. The van der Waals surface area contributed by atoms with Gasteiger partial charge in [-0.3, -0.25) is 9.59 Å². The maximum atomic E-state index is 13.0. The van der Waals surface area contributed by atoms with Crippen molar-refractivity contribution in [1.29, 1.82) is 0 Å².